The van der Waals surface area contributed by atoms with Crippen LogP contribution in [0.3, 0.4) is 0 Å². The van der Waals surface area contributed by atoms with Crippen LogP contribution in [0.1, 0.15) is 55.1 Å². The molecule has 6 nitrogen and oxygen atoms in total. The fourth-order valence-electron chi connectivity index (χ4n) is 5.70. The van der Waals surface area contributed by atoms with Crippen LogP contribution in [0, 0.1) is 25.2 Å². The number of aryl methyl sites for hydroxylation is 1. The van der Waals surface area contributed by atoms with Crippen molar-refractivity contribution in [1.82, 2.24) is 15.1 Å². The molecule has 33 heavy (non-hydrogen) atoms. The van der Waals surface area contributed by atoms with E-state index in [0.29, 0.717) is 5.56 Å². The molecule has 2 aliphatic heterocycles. The van der Waals surface area contributed by atoms with Crippen molar-refractivity contribution in [2.75, 3.05) is 36.4 Å². The summed E-state index contributed by atoms with van der Waals surface area (Å²) in [4.78, 5) is 5.19. The minimum Gasteiger partial charge on any atom is -0.368 e. The molecule has 3 heterocycles. The Morgan fingerprint density at radius 3 is 2.76 bits per heavy atom. The van der Waals surface area contributed by atoms with Crippen molar-refractivity contribution in [2.24, 2.45) is 0 Å². The number of rotatable bonds is 4. The predicted octanol–water partition coefficient (Wildman–Crippen LogP) is 4.97. The van der Waals surface area contributed by atoms with E-state index in [1.165, 1.54) is 25.1 Å². The molecule has 1 aromatic heterocycles. The third-order valence-electron chi connectivity index (χ3n) is 7.71. The zero-order valence-corrected chi connectivity index (χ0v) is 20.0. The lowest BCUT2D eigenvalue weighted by atomic mass is 9.95. The van der Waals surface area contributed by atoms with Crippen LogP contribution in [0.15, 0.2) is 36.4 Å². The first-order valence-electron chi connectivity index (χ1n) is 11.9. The fourth-order valence-corrected chi connectivity index (χ4v) is 5.70. The number of hydrogen-bond acceptors (Lipinski definition) is 6. The molecule has 3 aromatic rings. The Bertz CT molecular complexity index is 1250. The van der Waals surface area contributed by atoms with Crippen molar-refractivity contribution in [3.8, 4) is 6.07 Å². The number of fused-ring (bicyclic) bond motifs is 2. The van der Waals surface area contributed by atoms with E-state index in [9.17, 15) is 5.26 Å². The highest BCUT2D eigenvalue weighted by atomic mass is 15.3. The van der Waals surface area contributed by atoms with Gasteiger partial charge < -0.3 is 10.2 Å². The summed E-state index contributed by atoms with van der Waals surface area (Å²) in [6.07, 6.45) is 2.57. The molecular formula is C27H32N6. The maximum atomic E-state index is 9.42. The van der Waals surface area contributed by atoms with E-state index >= 15 is 0 Å². The molecule has 0 amide bonds. The van der Waals surface area contributed by atoms with E-state index in [1.54, 1.807) is 0 Å². The summed E-state index contributed by atoms with van der Waals surface area (Å²) in [5, 5.41) is 24.2. The van der Waals surface area contributed by atoms with Gasteiger partial charge in [-0.05, 0) is 76.4 Å². The Kier molecular flexibility index (Phi) is 5.46. The van der Waals surface area contributed by atoms with Crippen LogP contribution in [0.5, 0.6) is 0 Å². The van der Waals surface area contributed by atoms with Gasteiger partial charge in [0.2, 0.25) is 0 Å². The highest BCUT2D eigenvalue weighted by molar-refractivity contribution is 5.95. The van der Waals surface area contributed by atoms with E-state index < -0.39 is 0 Å². The number of anilines is 2. The molecule has 2 aliphatic rings. The number of hydrogen-bond donors (Lipinski definition) is 1. The highest BCUT2D eigenvalue weighted by Gasteiger charge is 2.41. The standard InChI is InChI=1S/C27H32N6/c1-18-21(16-28)7-5-8-23(18)19(2)29-26-25-15-22(9-10-24(25)20(3)30-31-26)32-13-14-33-12-6-11-27(33,4)17-32/h5,7-10,15,19H,6,11-14,17H2,1-4H3,(H,29,31)/t19-,27-/m1/s1. The van der Waals surface area contributed by atoms with Crippen LogP contribution in [0.25, 0.3) is 10.8 Å². The fraction of sp³-hybridized carbons (Fsp3) is 0.444. The van der Waals surface area contributed by atoms with Crippen LogP contribution in [0.2, 0.25) is 0 Å². The molecule has 0 unspecified atom stereocenters. The van der Waals surface area contributed by atoms with Crippen molar-refractivity contribution in [3.05, 3.63) is 58.8 Å². The molecule has 2 atom stereocenters. The summed E-state index contributed by atoms with van der Waals surface area (Å²) in [5.41, 5.74) is 5.28. The second-order valence-electron chi connectivity index (χ2n) is 9.87. The zero-order chi connectivity index (χ0) is 23.2. The van der Waals surface area contributed by atoms with E-state index in [-0.39, 0.29) is 11.6 Å². The lowest BCUT2D eigenvalue weighted by molar-refractivity contribution is 0.138. The van der Waals surface area contributed by atoms with E-state index in [0.717, 1.165) is 53.0 Å². The Morgan fingerprint density at radius 2 is 1.94 bits per heavy atom. The second-order valence-corrected chi connectivity index (χ2v) is 9.87. The normalized spacial score (nSPS) is 21.6. The summed E-state index contributed by atoms with van der Waals surface area (Å²) >= 11 is 0. The molecule has 5 rings (SSSR count). The highest BCUT2D eigenvalue weighted by Crippen LogP contribution is 2.36. The van der Waals surface area contributed by atoms with Gasteiger partial charge in [-0.25, -0.2) is 0 Å². The smallest absolute Gasteiger partial charge is 0.157 e. The topological polar surface area (TPSA) is 68.1 Å². The Balaban J connectivity index is 1.48. The van der Waals surface area contributed by atoms with Crippen LogP contribution in [0.4, 0.5) is 11.5 Å². The third kappa shape index (κ3) is 3.81. The van der Waals surface area contributed by atoms with Gasteiger partial charge in [0.1, 0.15) is 0 Å². The van der Waals surface area contributed by atoms with E-state index in [1.807, 2.05) is 26.0 Å². The van der Waals surface area contributed by atoms with Gasteiger partial charge in [-0.3, -0.25) is 4.90 Å². The lowest BCUT2D eigenvalue weighted by Crippen LogP contribution is -2.57. The average molecular weight is 441 g/mol. The summed E-state index contributed by atoms with van der Waals surface area (Å²) in [5.74, 6) is 0.789. The SMILES string of the molecule is Cc1c(C#N)cccc1[C@@H](C)Nc1nnc(C)c2ccc(N3CCN4CCC[C@]4(C)C3)cc12. The first kappa shape index (κ1) is 21.7. The predicted molar refractivity (Wildman–Crippen MR) is 134 cm³/mol. The monoisotopic (exact) mass is 440 g/mol. The van der Waals surface area contributed by atoms with Crippen molar-refractivity contribution in [3.63, 3.8) is 0 Å². The summed E-state index contributed by atoms with van der Waals surface area (Å²) in [6.45, 7) is 13.0. The Morgan fingerprint density at radius 1 is 1.09 bits per heavy atom. The lowest BCUT2D eigenvalue weighted by Gasteiger charge is -2.46. The van der Waals surface area contributed by atoms with Gasteiger partial charge in [-0.2, -0.15) is 10.4 Å². The first-order chi connectivity index (χ1) is 15.9. The van der Waals surface area contributed by atoms with Gasteiger partial charge in [-0.15, -0.1) is 5.10 Å². The molecule has 170 valence electrons. The number of nitrogens with one attached hydrogen (secondary N) is 1. The van der Waals surface area contributed by atoms with Crippen molar-refractivity contribution in [2.45, 2.75) is 52.1 Å². The molecule has 0 saturated carbocycles. The molecule has 0 spiro atoms. The molecule has 0 bridgehead atoms. The van der Waals surface area contributed by atoms with Gasteiger partial charge in [0.25, 0.3) is 0 Å². The van der Waals surface area contributed by atoms with E-state index in [2.05, 4.69) is 69.5 Å². The first-order valence-corrected chi connectivity index (χ1v) is 11.9. The molecular weight excluding hydrogens is 408 g/mol. The average Bonchev–Trinajstić information content (AvgIpc) is 3.21. The molecule has 2 saturated heterocycles. The van der Waals surface area contributed by atoms with Crippen LogP contribution >= 0.6 is 0 Å². The summed E-state index contributed by atoms with van der Waals surface area (Å²) in [7, 11) is 0. The third-order valence-corrected chi connectivity index (χ3v) is 7.71. The van der Waals surface area contributed by atoms with Gasteiger partial charge in [0.15, 0.2) is 5.82 Å². The van der Waals surface area contributed by atoms with Gasteiger partial charge in [0, 0.05) is 41.6 Å². The maximum absolute atomic E-state index is 9.42. The van der Waals surface area contributed by atoms with Gasteiger partial charge >= 0.3 is 0 Å². The quantitative estimate of drug-likeness (QED) is 0.618. The molecule has 2 fully saturated rings. The van der Waals surface area contributed by atoms with Crippen LogP contribution in [-0.2, 0) is 0 Å². The Labute approximate surface area is 196 Å². The zero-order valence-electron chi connectivity index (χ0n) is 20.0. The molecule has 1 N–H and O–H groups in total. The van der Waals surface area contributed by atoms with Crippen LogP contribution < -0.4 is 10.2 Å². The van der Waals surface area contributed by atoms with Crippen molar-refractivity contribution in [1.29, 1.82) is 5.26 Å². The minimum atomic E-state index is 0.00288. The molecule has 2 aromatic carbocycles. The van der Waals surface area contributed by atoms with E-state index in [4.69, 9.17) is 0 Å². The van der Waals surface area contributed by atoms with Crippen molar-refractivity contribution < 1.29 is 0 Å². The minimum absolute atomic E-state index is 0.00288. The summed E-state index contributed by atoms with van der Waals surface area (Å²) < 4.78 is 0. The molecule has 0 aliphatic carbocycles. The maximum Gasteiger partial charge on any atom is 0.157 e. The number of aromatic nitrogens is 2. The van der Waals surface area contributed by atoms with Crippen LogP contribution in [-0.4, -0.2) is 46.8 Å². The number of benzene rings is 2. The second kappa shape index (κ2) is 8.31. The number of nitrogens with zero attached hydrogens (tertiary/aromatic N) is 5. The molecule has 0 radical (unpaired) electrons. The van der Waals surface area contributed by atoms with Crippen molar-refractivity contribution >= 4 is 22.3 Å². The largest absolute Gasteiger partial charge is 0.368 e. The molecule has 6 heteroatoms. The number of nitriles is 1. The summed E-state index contributed by atoms with van der Waals surface area (Å²) in [6, 6.07) is 14.9. The Hall–Kier alpha value is -3.17. The van der Waals surface area contributed by atoms with Gasteiger partial charge in [-0.1, -0.05) is 18.2 Å². The number of piperazine rings is 1. The van der Waals surface area contributed by atoms with Gasteiger partial charge in [0.05, 0.1) is 23.4 Å².